The summed E-state index contributed by atoms with van der Waals surface area (Å²) in [6.07, 6.45) is 3.52. The lowest BCUT2D eigenvalue weighted by molar-refractivity contribution is -0.167. The first-order chi connectivity index (χ1) is 8.06. The van der Waals surface area contributed by atoms with Crippen molar-refractivity contribution in [2.45, 2.75) is 51.0 Å². The highest BCUT2D eigenvalue weighted by Crippen LogP contribution is 2.47. The molecule has 94 valence electrons. The minimum atomic E-state index is -1.35. The number of rotatable bonds is 3. The van der Waals surface area contributed by atoms with Crippen LogP contribution in [-0.2, 0) is 19.1 Å². The Labute approximate surface area is 99.1 Å². The largest absolute Gasteiger partial charge is 0.480 e. The van der Waals surface area contributed by atoms with Gasteiger partial charge in [-0.05, 0) is 32.1 Å². The number of aliphatic carboxylic acids is 1. The number of carbonyl (C=O) groups is 3. The van der Waals surface area contributed by atoms with Gasteiger partial charge < -0.3 is 9.84 Å². The van der Waals surface area contributed by atoms with E-state index in [4.69, 9.17) is 9.84 Å². The molecular formula is C12H16O5. The van der Waals surface area contributed by atoms with E-state index in [1.807, 2.05) is 0 Å². The summed E-state index contributed by atoms with van der Waals surface area (Å²) >= 11 is 0. The quantitative estimate of drug-likeness (QED) is 0.457. The molecule has 0 aromatic heterocycles. The fourth-order valence-electron chi connectivity index (χ4n) is 2.12. The van der Waals surface area contributed by atoms with Gasteiger partial charge >= 0.3 is 11.9 Å². The maximum atomic E-state index is 11.7. The number of carbonyl (C=O) groups excluding carboxylic acids is 2. The van der Waals surface area contributed by atoms with Gasteiger partial charge in [-0.1, -0.05) is 6.42 Å². The molecule has 0 spiro atoms. The van der Waals surface area contributed by atoms with Gasteiger partial charge in [-0.3, -0.25) is 14.4 Å². The van der Waals surface area contributed by atoms with Crippen molar-refractivity contribution < 1.29 is 24.2 Å². The first-order valence-corrected chi connectivity index (χ1v) is 6.03. The highest BCUT2D eigenvalue weighted by molar-refractivity contribution is 6.03. The summed E-state index contributed by atoms with van der Waals surface area (Å²) in [4.78, 5) is 34.3. The molecule has 1 N–H and O–H groups in total. The van der Waals surface area contributed by atoms with E-state index in [-0.39, 0.29) is 5.78 Å². The molecule has 1 unspecified atom stereocenters. The van der Waals surface area contributed by atoms with Crippen molar-refractivity contribution in [2.75, 3.05) is 0 Å². The fraction of sp³-hybridized carbons (Fsp3) is 0.750. The van der Waals surface area contributed by atoms with Gasteiger partial charge in [0.25, 0.3) is 0 Å². The molecular weight excluding hydrogens is 224 g/mol. The van der Waals surface area contributed by atoms with E-state index in [0.29, 0.717) is 25.7 Å². The molecule has 0 saturated heterocycles. The number of ether oxygens (including phenoxy) is 1. The first kappa shape index (κ1) is 12.1. The van der Waals surface area contributed by atoms with Crippen molar-refractivity contribution >= 4 is 17.7 Å². The van der Waals surface area contributed by atoms with Crippen LogP contribution in [0.4, 0.5) is 0 Å². The summed E-state index contributed by atoms with van der Waals surface area (Å²) in [5.41, 5.74) is -1.35. The van der Waals surface area contributed by atoms with Gasteiger partial charge in [-0.2, -0.15) is 0 Å². The summed E-state index contributed by atoms with van der Waals surface area (Å²) in [7, 11) is 0. The summed E-state index contributed by atoms with van der Waals surface area (Å²) < 4.78 is 5.10. The molecule has 2 fully saturated rings. The minimum absolute atomic E-state index is 0.0722. The van der Waals surface area contributed by atoms with Crippen molar-refractivity contribution in [3.05, 3.63) is 0 Å². The lowest BCUT2D eigenvalue weighted by Crippen LogP contribution is -2.34. The molecule has 0 radical (unpaired) electrons. The Balaban J connectivity index is 1.98. The third kappa shape index (κ3) is 2.33. The molecule has 0 aromatic rings. The maximum absolute atomic E-state index is 11.7. The Hall–Kier alpha value is -1.39. The van der Waals surface area contributed by atoms with Crippen molar-refractivity contribution in [1.29, 1.82) is 0 Å². The predicted octanol–water partition coefficient (Wildman–Crippen LogP) is 1.30. The maximum Gasteiger partial charge on any atom is 0.324 e. The van der Waals surface area contributed by atoms with E-state index >= 15 is 0 Å². The second kappa shape index (κ2) is 4.47. The second-order valence-electron chi connectivity index (χ2n) is 4.85. The van der Waals surface area contributed by atoms with Crippen LogP contribution in [0.5, 0.6) is 0 Å². The molecule has 0 aromatic carbocycles. The summed E-state index contributed by atoms with van der Waals surface area (Å²) in [5.74, 6) is -1.94. The van der Waals surface area contributed by atoms with Crippen LogP contribution in [0, 0.1) is 5.41 Å². The predicted molar refractivity (Wildman–Crippen MR) is 57.3 cm³/mol. The van der Waals surface area contributed by atoms with Crippen LogP contribution in [-0.4, -0.2) is 28.9 Å². The number of hydrogen-bond donors (Lipinski definition) is 1. The Morgan fingerprint density at radius 2 is 1.94 bits per heavy atom. The first-order valence-electron chi connectivity index (χ1n) is 6.03. The lowest BCUT2D eigenvalue weighted by atomic mass is 10.1. The van der Waals surface area contributed by atoms with Gasteiger partial charge in [0.05, 0.1) is 0 Å². The van der Waals surface area contributed by atoms with E-state index in [2.05, 4.69) is 0 Å². The molecule has 1 atom stereocenters. The monoisotopic (exact) mass is 240 g/mol. The highest BCUT2D eigenvalue weighted by atomic mass is 16.6. The second-order valence-corrected chi connectivity index (χ2v) is 4.85. The van der Waals surface area contributed by atoms with E-state index in [9.17, 15) is 14.4 Å². The van der Waals surface area contributed by atoms with Gasteiger partial charge in [-0.15, -0.1) is 0 Å². The molecule has 2 saturated carbocycles. The number of Topliss-reactive ketones (excluding diaryl/α,β-unsaturated/α-hetero) is 1. The van der Waals surface area contributed by atoms with Crippen molar-refractivity contribution in [2.24, 2.45) is 5.41 Å². The summed E-state index contributed by atoms with van der Waals surface area (Å²) in [6.45, 7) is 0. The van der Waals surface area contributed by atoms with Crippen LogP contribution >= 0.6 is 0 Å². The highest BCUT2D eigenvalue weighted by Gasteiger charge is 2.59. The zero-order valence-corrected chi connectivity index (χ0v) is 9.61. The fourth-order valence-corrected chi connectivity index (χ4v) is 2.12. The number of carboxylic acids is 1. The third-order valence-electron chi connectivity index (χ3n) is 3.55. The Kier molecular flexibility index (Phi) is 3.17. The molecule has 5 nitrogen and oxygen atoms in total. The normalized spacial score (nSPS) is 27.1. The van der Waals surface area contributed by atoms with Gasteiger partial charge in [0.2, 0.25) is 0 Å². The van der Waals surface area contributed by atoms with Gasteiger partial charge in [0.15, 0.2) is 17.3 Å². The van der Waals surface area contributed by atoms with Gasteiger partial charge in [0, 0.05) is 6.42 Å². The van der Waals surface area contributed by atoms with Crippen LogP contribution in [0.1, 0.15) is 44.9 Å². The average molecular weight is 240 g/mol. The average Bonchev–Trinajstić information content (AvgIpc) is 3.06. The molecule has 0 amide bonds. The molecule has 0 aliphatic heterocycles. The third-order valence-corrected chi connectivity index (χ3v) is 3.55. The smallest absolute Gasteiger partial charge is 0.324 e. The number of carboxylic acid groups (broad SMARTS) is 1. The number of hydrogen-bond acceptors (Lipinski definition) is 4. The van der Waals surface area contributed by atoms with E-state index < -0.39 is 23.5 Å². The van der Waals surface area contributed by atoms with Crippen LogP contribution in [0.15, 0.2) is 0 Å². The molecule has 0 bridgehead atoms. The van der Waals surface area contributed by atoms with Crippen LogP contribution in [0.3, 0.4) is 0 Å². The lowest BCUT2D eigenvalue weighted by Gasteiger charge is -2.17. The zero-order valence-electron chi connectivity index (χ0n) is 9.61. The topological polar surface area (TPSA) is 80.7 Å². The SMILES string of the molecule is O=C1CCCCCC1OC(=O)C1(C(=O)O)CC1. The van der Waals surface area contributed by atoms with Crippen molar-refractivity contribution in [3.8, 4) is 0 Å². The van der Waals surface area contributed by atoms with Gasteiger partial charge in [-0.25, -0.2) is 0 Å². The summed E-state index contributed by atoms with van der Waals surface area (Å²) in [6, 6.07) is 0. The van der Waals surface area contributed by atoms with Gasteiger partial charge in [0.1, 0.15) is 0 Å². The molecule has 5 heteroatoms. The van der Waals surface area contributed by atoms with E-state index in [1.54, 1.807) is 0 Å². The number of esters is 1. The molecule has 17 heavy (non-hydrogen) atoms. The molecule has 2 rings (SSSR count). The van der Waals surface area contributed by atoms with Crippen LogP contribution in [0.25, 0.3) is 0 Å². The van der Waals surface area contributed by atoms with E-state index in [0.717, 1.165) is 19.3 Å². The minimum Gasteiger partial charge on any atom is -0.480 e. The zero-order chi connectivity index (χ0) is 12.5. The number of ketones is 1. The van der Waals surface area contributed by atoms with Crippen molar-refractivity contribution in [3.63, 3.8) is 0 Å². The van der Waals surface area contributed by atoms with E-state index in [1.165, 1.54) is 0 Å². The van der Waals surface area contributed by atoms with Crippen LogP contribution in [0.2, 0.25) is 0 Å². The Bertz CT molecular complexity index is 356. The Morgan fingerprint density at radius 1 is 1.24 bits per heavy atom. The standard InChI is InChI=1S/C12H16O5/c13-8-4-2-1-3-5-9(8)17-11(16)12(6-7-12)10(14)15/h9H,1-7H2,(H,14,15). The van der Waals surface area contributed by atoms with Crippen LogP contribution < -0.4 is 0 Å². The summed E-state index contributed by atoms with van der Waals surface area (Å²) in [5, 5.41) is 8.94. The molecule has 2 aliphatic carbocycles. The molecule has 2 aliphatic rings. The molecule has 0 heterocycles. The Morgan fingerprint density at radius 3 is 2.53 bits per heavy atom. The van der Waals surface area contributed by atoms with Crippen molar-refractivity contribution in [1.82, 2.24) is 0 Å².